The predicted octanol–water partition coefficient (Wildman–Crippen LogP) is 3.92. The number of nitrogens with zero attached hydrogens (tertiary/aromatic N) is 1. The molecule has 16 heavy (non-hydrogen) atoms. The third kappa shape index (κ3) is 2.52. The highest BCUT2D eigenvalue weighted by Crippen LogP contribution is 2.24. The standard InChI is InChI=1S/C13H12ClNO/c1-10-13(6-3-7-15-10)16-12-5-2-4-11(8-12)9-14/h2-8H,9H2,1H3. The maximum atomic E-state index is 5.77. The lowest BCUT2D eigenvalue weighted by atomic mass is 10.2. The van der Waals surface area contributed by atoms with Crippen LogP contribution in [0, 0.1) is 6.92 Å². The Bertz CT molecular complexity index is 485. The highest BCUT2D eigenvalue weighted by atomic mass is 35.5. The van der Waals surface area contributed by atoms with Crippen LogP contribution >= 0.6 is 11.6 Å². The summed E-state index contributed by atoms with van der Waals surface area (Å²) in [5.74, 6) is 2.05. The molecular formula is C13H12ClNO. The normalized spacial score (nSPS) is 10.1. The summed E-state index contributed by atoms with van der Waals surface area (Å²) in [6, 6.07) is 11.5. The largest absolute Gasteiger partial charge is 0.455 e. The predicted molar refractivity (Wildman–Crippen MR) is 65.0 cm³/mol. The Morgan fingerprint density at radius 2 is 2.12 bits per heavy atom. The molecule has 0 radical (unpaired) electrons. The molecule has 0 unspecified atom stereocenters. The second kappa shape index (κ2) is 4.99. The molecule has 0 saturated carbocycles. The van der Waals surface area contributed by atoms with E-state index in [1.807, 2.05) is 43.3 Å². The summed E-state index contributed by atoms with van der Waals surface area (Å²) in [5.41, 5.74) is 1.92. The molecule has 0 spiro atoms. The van der Waals surface area contributed by atoms with Crippen molar-refractivity contribution in [2.24, 2.45) is 0 Å². The number of rotatable bonds is 3. The van der Waals surface area contributed by atoms with E-state index in [1.54, 1.807) is 6.20 Å². The van der Waals surface area contributed by atoms with Gasteiger partial charge in [-0.1, -0.05) is 12.1 Å². The molecule has 0 N–H and O–H groups in total. The molecule has 0 bridgehead atoms. The van der Waals surface area contributed by atoms with Crippen molar-refractivity contribution in [3.05, 3.63) is 53.9 Å². The molecule has 0 aliphatic carbocycles. The van der Waals surface area contributed by atoms with Crippen LogP contribution in [0.1, 0.15) is 11.3 Å². The fourth-order valence-electron chi connectivity index (χ4n) is 1.40. The maximum Gasteiger partial charge on any atom is 0.148 e. The number of alkyl halides is 1. The number of hydrogen-bond donors (Lipinski definition) is 0. The summed E-state index contributed by atoms with van der Waals surface area (Å²) in [6.07, 6.45) is 1.75. The first-order chi connectivity index (χ1) is 7.79. The van der Waals surface area contributed by atoms with Crippen molar-refractivity contribution in [1.29, 1.82) is 0 Å². The van der Waals surface area contributed by atoms with Crippen LogP contribution in [-0.2, 0) is 5.88 Å². The topological polar surface area (TPSA) is 22.1 Å². The van der Waals surface area contributed by atoms with Gasteiger partial charge in [0, 0.05) is 12.1 Å². The van der Waals surface area contributed by atoms with Gasteiger partial charge in [-0.15, -0.1) is 11.6 Å². The van der Waals surface area contributed by atoms with Gasteiger partial charge >= 0.3 is 0 Å². The number of halogens is 1. The highest BCUT2D eigenvalue weighted by Gasteiger charge is 2.01. The molecule has 1 aromatic carbocycles. The summed E-state index contributed by atoms with van der Waals surface area (Å²) in [5, 5.41) is 0. The molecule has 2 aromatic rings. The van der Waals surface area contributed by atoms with E-state index in [9.17, 15) is 0 Å². The molecule has 0 aliphatic rings. The van der Waals surface area contributed by atoms with Gasteiger partial charge in [-0.05, 0) is 36.8 Å². The molecule has 2 rings (SSSR count). The van der Waals surface area contributed by atoms with Crippen molar-refractivity contribution in [2.45, 2.75) is 12.8 Å². The molecule has 1 aromatic heterocycles. The van der Waals surface area contributed by atoms with Gasteiger partial charge in [0.05, 0.1) is 5.69 Å². The molecule has 0 saturated heterocycles. The van der Waals surface area contributed by atoms with Crippen molar-refractivity contribution in [2.75, 3.05) is 0 Å². The van der Waals surface area contributed by atoms with Crippen LogP contribution in [0.3, 0.4) is 0 Å². The van der Waals surface area contributed by atoms with E-state index >= 15 is 0 Å². The molecule has 2 nitrogen and oxygen atoms in total. The van der Waals surface area contributed by atoms with E-state index < -0.39 is 0 Å². The minimum atomic E-state index is 0.489. The molecule has 82 valence electrons. The average Bonchev–Trinajstić information content (AvgIpc) is 2.32. The van der Waals surface area contributed by atoms with E-state index in [2.05, 4.69) is 4.98 Å². The quantitative estimate of drug-likeness (QED) is 0.750. The second-order valence-corrected chi connectivity index (χ2v) is 3.74. The van der Waals surface area contributed by atoms with E-state index in [0.717, 1.165) is 22.8 Å². The minimum absolute atomic E-state index is 0.489. The lowest BCUT2D eigenvalue weighted by Crippen LogP contribution is -1.90. The van der Waals surface area contributed by atoms with Crippen LogP contribution < -0.4 is 4.74 Å². The third-order valence-corrected chi connectivity index (χ3v) is 2.55. The van der Waals surface area contributed by atoms with Gasteiger partial charge in [0.2, 0.25) is 0 Å². The highest BCUT2D eigenvalue weighted by molar-refractivity contribution is 6.17. The van der Waals surface area contributed by atoms with Gasteiger partial charge in [-0.25, -0.2) is 0 Å². The Balaban J connectivity index is 2.24. The van der Waals surface area contributed by atoms with E-state index in [1.165, 1.54) is 0 Å². The minimum Gasteiger partial charge on any atom is -0.455 e. The number of benzene rings is 1. The van der Waals surface area contributed by atoms with E-state index in [4.69, 9.17) is 16.3 Å². The Morgan fingerprint density at radius 3 is 2.88 bits per heavy atom. The Morgan fingerprint density at radius 1 is 1.25 bits per heavy atom. The SMILES string of the molecule is Cc1ncccc1Oc1cccc(CCl)c1. The zero-order chi connectivity index (χ0) is 11.4. The van der Waals surface area contributed by atoms with Crippen molar-refractivity contribution >= 4 is 11.6 Å². The second-order valence-electron chi connectivity index (χ2n) is 3.47. The average molecular weight is 234 g/mol. The van der Waals surface area contributed by atoms with Crippen LogP contribution in [0.4, 0.5) is 0 Å². The summed E-state index contributed by atoms with van der Waals surface area (Å²) in [7, 11) is 0. The number of ether oxygens (including phenoxy) is 1. The number of aryl methyl sites for hydroxylation is 1. The van der Waals surface area contributed by atoms with E-state index in [0.29, 0.717) is 5.88 Å². The Kier molecular flexibility index (Phi) is 3.42. The van der Waals surface area contributed by atoms with Crippen molar-refractivity contribution in [3.8, 4) is 11.5 Å². The summed E-state index contributed by atoms with van der Waals surface area (Å²) < 4.78 is 5.73. The maximum absolute atomic E-state index is 5.77. The van der Waals surface area contributed by atoms with Crippen LogP contribution in [0.2, 0.25) is 0 Å². The zero-order valence-electron chi connectivity index (χ0n) is 8.98. The van der Waals surface area contributed by atoms with Gasteiger partial charge in [0.25, 0.3) is 0 Å². The van der Waals surface area contributed by atoms with Crippen molar-refractivity contribution < 1.29 is 4.74 Å². The summed E-state index contributed by atoms with van der Waals surface area (Å²) in [6.45, 7) is 1.92. The number of hydrogen-bond acceptors (Lipinski definition) is 2. The van der Waals surface area contributed by atoms with Crippen LogP contribution in [0.15, 0.2) is 42.6 Å². The molecule has 1 heterocycles. The molecule has 0 amide bonds. The number of pyridine rings is 1. The first-order valence-electron chi connectivity index (χ1n) is 5.04. The third-order valence-electron chi connectivity index (χ3n) is 2.24. The molecule has 0 atom stereocenters. The van der Waals surface area contributed by atoms with Crippen LogP contribution in [0.5, 0.6) is 11.5 Å². The van der Waals surface area contributed by atoms with Crippen molar-refractivity contribution in [3.63, 3.8) is 0 Å². The van der Waals surface area contributed by atoms with E-state index in [-0.39, 0.29) is 0 Å². The lowest BCUT2D eigenvalue weighted by Gasteiger charge is -2.08. The number of aromatic nitrogens is 1. The van der Waals surface area contributed by atoms with Gasteiger partial charge in [0.15, 0.2) is 0 Å². The van der Waals surface area contributed by atoms with Gasteiger partial charge in [0.1, 0.15) is 11.5 Å². The molecule has 3 heteroatoms. The molecular weight excluding hydrogens is 222 g/mol. The fraction of sp³-hybridized carbons (Fsp3) is 0.154. The van der Waals surface area contributed by atoms with Gasteiger partial charge in [-0.2, -0.15) is 0 Å². The zero-order valence-corrected chi connectivity index (χ0v) is 9.74. The smallest absolute Gasteiger partial charge is 0.148 e. The first-order valence-corrected chi connectivity index (χ1v) is 5.57. The lowest BCUT2D eigenvalue weighted by molar-refractivity contribution is 0.475. The molecule has 0 aliphatic heterocycles. The fourth-order valence-corrected chi connectivity index (χ4v) is 1.56. The first kappa shape index (κ1) is 11.0. The summed E-state index contributed by atoms with van der Waals surface area (Å²) >= 11 is 5.77. The Labute approximate surface area is 99.9 Å². The summed E-state index contributed by atoms with van der Waals surface area (Å²) in [4.78, 5) is 4.17. The molecule has 0 fully saturated rings. The van der Waals surface area contributed by atoms with Crippen LogP contribution in [-0.4, -0.2) is 4.98 Å². The Hall–Kier alpha value is -1.54. The van der Waals surface area contributed by atoms with Gasteiger partial charge in [-0.3, -0.25) is 4.98 Å². The van der Waals surface area contributed by atoms with Crippen LogP contribution in [0.25, 0.3) is 0 Å². The monoisotopic (exact) mass is 233 g/mol. The van der Waals surface area contributed by atoms with Gasteiger partial charge < -0.3 is 4.74 Å². The van der Waals surface area contributed by atoms with Crippen molar-refractivity contribution in [1.82, 2.24) is 4.98 Å².